The highest BCUT2D eigenvalue weighted by molar-refractivity contribution is 9.10. The fourth-order valence-corrected chi connectivity index (χ4v) is 1.77. The first-order chi connectivity index (χ1) is 7.70. The number of ether oxygens (including phenoxy) is 2. The van der Waals surface area contributed by atoms with Crippen LogP contribution in [0, 0.1) is 0 Å². The highest BCUT2D eigenvalue weighted by Crippen LogP contribution is 2.16. The molecule has 16 heavy (non-hydrogen) atoms. The first-order valence-corrected chi connectivity index (χ1v) is 5.81. The summed E-state index contributed by atoms with van der Waals surface area (Å²) in [7, 11) is 1.59. The van der Waals surface area contributed by atoms with Gasteiger partial charge in [-0.05, 0) is 22.9 Å². The predicted octanol–water partition coefficient (Wildman–Crippen LogP) is 1.51. The lowest BCUT2D eigenvalue weighted by atomic mass is 10.3. The first-order valence-electron chi connectivity index (χ1n) is 5.01. The highest BCUT2D eigenvalue weighted by atomic mass is 79.9. The van der Waals surface area contributed by atoms with Crippen molar-refractivity contribution in [2.45, 2.75) is 13.5 Å². The van der Waals surface area contributed by atoms with E-state index in [0.717, 1.165) is 0 Å². The van der Waals surface area contributed by atoms with E-state index >= 15 is 0 Å². The van der Waals surface area contributed by atoms with Crippen LogP contribution in [0.1, 0.15) is 17.4 Å². The molecule has 0 aliphatic rings. The van der Waals surface area contributed by atoms with Crippen molar-refractivity contribution in [3.63, 3.8) is 0 Å². The van der Waals surface area contributed by atoms with E-state index in [-0.39, 0.29) is 12.4 Å². The van der Waals surface area contributed by atoms with Crippen LogP contribution >= 0.6 is 15.9 Å². The van der Waals surface area contributed by atoms with Gasteiger partial charge in [-0.2, -0.15) is 5.10 Å². The molecule has 1 aromatic rings. The minimum Gasteiger partial charge on any atom is -0.382 e. The molecule has 1 aromatic heterocycles. The molecule has 0 aliphatic carbocycles. The Balaban J connectivity index is 2.55. The normalized spacial score (nSPS) is 10.7. The number of halogens is 1. The number of hydrogen-bond donors (Lipinski definition) is 0. The zero-order valence-corrected chi connectivity index (χ0v) is 11.0. The Labute approximate surface area is 103 Å². The number of carbonyl (C=O) groups is 1. The van der Waals surface area contributed by atoms with Gasteiger partial charge in [-0.15, -0.1) is 0 Å². The summed E-state index contributed by atoms with van der Waals surface area (Å²) in [5.41, 5.74) is 0.555. The van der Waals surface area contributed by atoms with Crippen LogP contribution in [-0.4, -0.2) is 42.5 Å². The third kappa shape index (κ3) is 3.40. The van der Waals surface area contributed by atoms with E-state index < -0.39 is 0 Å². The third-order valence-electron chi connectivity index (χ3n) is 2.02. The van der Waals surface area contributed by atoms with Gasteiger partial charge in [0.1, 0.15) is 12.3 Å². The Morgan fingerprint density at radius 2 is 2.31 bits per heavy atom. The fourth-order valence-electron chi connectivity index (χ4n) is 1.25. The van der Waals surface area contributed by atoms with Gasteiger partial charge in [0, 0.05) is 13.7 Å². The van der Waals surface area contributed by atoms with Gasteiger partial charge in [0.25, 0.3) is 0 Å². The number of aryl methyl sites for hydroxylation is 1. The number of carbonyl (C=O) groups excluding carboxylic acids is 1. The van der Waals surface area contributed by atoms with Gasteiger partial charge >= 0.3 is 0 Å². The molecule has 90 valence electrons. The summed E-state index contributed by atoms with van der Waals surface area (Å²) in [6.07, 6.45) is 1.62. The molecule has 0 amide bonds. The standard InChI is InChI=1S/C10H15BrN2O3/c1-3-13-10(8(11)6-12-13)9(14)7-16-5-4-15-2/h6H,3-5,7H2,1-2H3. The zero-order valence-electron chi connectivity index (χ0n) is 9.40. The predicted molar refractivity (Wildman–Crippen MR) is 62.6 cm³/mol. The molecule has 0 bridgehead atoms. The van der Waals surface area contributed by atoms with E-state index in [1.54, 1.807) is 18.0 Å². The van der Waals surface area contributed by atoms with Crippen molar-refractivity contribution in [2.24, 2.45) is 0 Å². The average Bonchev–Trinajstić information content (AvgIpc) is 2.65. The Morgan fingerprint density at radius 3 is 2.94 bits per heavy atom. The summed E-state index contributed by atoms with van der Waals surface area (Å²) in [6.45, 7) is 3.54. The first kappa shape index (κ1) is 13.3. The van der Waals surface area contributed by atoms with E-state index in [1.165, 1.54) is 0 Å². The van der Waals surface area contributed by atoms with Gasteiger partial charge in [0.15, 0.2) is 0 Å². The average molecular weight is 291 g/mol. The smallest absolute Gasteiger partial charge is 0.207 e. The molecule has 6 heteroatoms. The molecule has 0 fully saturated rings. The second kappa shape index (κ2) is 6.78. The van der Waals surface area contributed by atoms with Crippen molar-refractivity contribution < 1.29 is 14.3 Å². The molecular weight excluding hydrogens is 276 g/mol. The molecule has 0 unspecified atom stereocenters. The van der Waals surface area contributed by atoms with Crippen LogP contribution in [0.5, 0.6) is 0 Å². The highest BCUT2D eigenvalue weighted by Gasteiger charge is 2.16. The molecular formula is C10H15BrN2O3. The number of nitrogens with zero attached hydrogens (tertiary/aromatic N) is 2. The molecule has 0 atom stereocenters. The van der Waals surface area contributed by atoms with Crippen molar-refractivity contribution >= 4 is 21.7 Å². The molecule has 1 heterocycles. The largest absolute Gasteiger partial charge is 0.382 e. The van der Waals surface area contributed by atoms with Crippen LogP contribution in [0.25, 0.3) is 0 Å². The molecule has 0 aliphatic heterocycles. The monoisotopic (exact) mass is 290 g/mol. The summed E-state index contributed by atoms with van der Waals surface area (Å²) in [5, 5.41) is 4.07. The van der Waals surface area contributed by atoms with Gasteiger partial charge < -0.3 is 9.47 Å². The summed E-state index contributed by atoms with van der Waals surface area (Å²) in [5.74, 6) is -0.0812. The van der Waals surface area contributed by atoms with E-state index in [1.807, 2.05) is 6.92 Å². The summed E-state index contributed by atoms with van der Waals surface area (Å²) >= 11 is 3.30. The third-order valence-corrected chi connectivity index (χ3v) is 2.60. The van der Waals surface area contributed by atoms with Crippen molar-refractivity contribution in [3.8, 4) is 0 Å². The molecule has 0 N–H and O–H groups in total. The van der Waals surface area contributed by atoms with Gasteiger partial charge in [0.05, 0.1) is 23.9 Å². The molecule has 5 nitrogen and oxygen atoms in total. The van der Waals surface area contributed by atoms with Crippen LogP contribution in [0.2, 0.25) is 0 Å². The number of methoxy groups -OCH3 is 1. The minimum atomic E-state index is -0.0812. The maximum atomic E-state index is 11.8. The molecule has 0 saturated heterocycles. The van der Waals surface area contributed by atoms with Gasteiger partial charge in [-0.1, -0.05) is 0 Å². The Hall–Kier alpha value is -0.720. The van der Waals surface area contributed by atoms with Crippen molar-refractivity contribution in [2.75, 3.05) is 26.9 Å². The van der Waals surface area contributed by atoms with Crippen LogP contribution in [-0.2, 0) is 16.0 Å². The number of Topliss-reactive ketones (excluding diaryl/α,β-unsaturated/α-hetero) is 1. The maximum Gasteiger partial charge on any atom is 0.207 e. The van der Waals surface area contributed by atoms with Crippen LogP contribution in [0.3, 0.4) is 0 Å². The number of hydrogen-bond acceptors (Lipinski definition) is 4. The molecule has 0 radical (unpaired) electrons. The molecule has 1 rings (SSSR count). The summed E-state index contributed by atoms with van der Waals surface area (Å²) < 4.78 is 12.3. The van der Waals surface area contributed by atoms with Crippen molar-refractivity contribution in [3.05, 3.63) is 16.4 Å². The molecule has 0 aromatic carbocycles. The Kier molecular flexibility index (Phi) is 5.65. The lowest BCUT2D eigenvalue weighted by molar-refractivity contribution is 0.0569. The second-order valence-electron chi connectivity index (χ2n) is 3.13. The van der Waals surface area contributed by atoms with Crippen LogP contribution < -0.4 is 0 Å². The molecule has 0 saturated carbocycles. The van der Waals surface area contributed by atoms with Gasteiger partial charge in [-0.25, -0.2) is 0 Å². The number of aromatic nitrogens is 2. The second-order valence-corrected chi connectivity index (χ2v) is 3.98. The lowest BCUT2D eigenvalue weighted by Crippen LogP contribution is -2.16. The van der Waals surface area contributed by atoms with Crippen molar-refractivity contribution in [1.82, 2.24) is 9.78 Å². The Morgan fingerprint density at radius 1 is 1.56 bits per heavy atom. The van der Waals surface area contributed by atoms with E-state index in [9.17, 15) is 4.79 Å². The SMILES string of the molecule is CCn1ncc(Br)c1C(=O)COCCOC. The number of rotatable bonds is 7. The maximum absolute atomic E-state index is 11.8. The quantitative estimate of drug-likeness (QED) is 0.564. The van der Waals surface area contributed by atoms with E-state index in [0.29, 0.717) is 29.9 Å². The summed E-state index contributed by atoms with van der Waals surface area (Å²) in [6, 6.07) is 0. The zero-order chi connectivity index (χ0) is 12.0. The fraction of sp³-hybridized carbons (Fsp3) is 0.600. The van der Waals surface area contributed by atoms with Crippen LogP contribution in [0.15, 0.2) is 10.7 Å². The van der Waals surface area contributed by atoms with E-state index in [4.69, 9.17) is 9.47 Å². The minimum absolute atomic E-state index is 0.0493. The Bertz CT molecular complexity index is 352. The van der Waals surface area contributed by atoms with Gasteiger partial charge in [-0.3, -0.25) is 9.48 Å². The van der Waals surface area contributed by atoms with E-state index in [2.05, 4.69) is 21.0 Å². The topological polar surface area (TPSA) is 53.4 Å². The summed E-state index contributed by atoms with van der Waals surface area (Å²) in [4.78, 5) is 11.8. The van der Waals surface area contributed by atoms with Gasteiger partial charge in [0.2, 0.25) is 5.78 Å². The van der Waals surface area contributed by atoms with Crippen LogP contribution in [0.4, 0.5) is 0 Å². The molecule has 0 spiro atoms. The van der Waals surface area contributed by atoms with Crippen molar-refractivity contribution in [1.29, 1.82) is 0 Å². The number of ketones is 1. The lowest BCUT2D eigenvalue weighted by Gasteiger charge is -2.05.